The first-order valence-corrected chi connectivity index (χ1v) is 4.54. The van der Waals surface area contributed by atoms with E-state index in [1.165, 1.54) is 6.20 Å². The van der Waals surface area contributed by atoms with Gasteiger partial charge >= 0.3 is 0 Å². The maximum absolute atomic E-state index is 8.76. The van der Waals surface area contributed by atoms with Gasteiger partial charge in [0.2, 0.25) is 0 Å². The molecule has 0 amide bonds. The van der Waals surface area contributed by atoms with Crippen LogP contribution in [0.1, 0.15) is 5.56 Å². The van der Waals surface area contributed by atoms with Crippen LogP contribution in [0, 0.1) is 11.3 Å². The standard InChI is InChI=1S/C8H4BrN5/c9-7-2-1-6(12-13-7)8-5(3-10)4-11-14-8/h1-2,4H,(H,11,14). The van der Waals surface area contributed by atoms with Crippen molar-refractivity contribution in [3.05, 3.63) is 28.5 Å². The second kappa shape index (κ2) is 3.55. The molecule has 1 N–H and O–H groups in total. The fraction of sp³-hybridized carbons (Fsp3) is 0. The van der Waals surface area contributed by atoms with Crippen LogP contribution in [0.25, 0.3) is 11.4 Å². The molecule has 0 bridgehead atoms. The summed E-state index contributed by atoms with van der Waals surface area (Å²) in [4.78, 5) is 0. The lowest BCUT2D eigenvalue weighted by Crippen LogP contribution is -1.89. The van der Waals surface area contributed by atoms with E-state index in [4.69, 9.17) is 5.26 Å². The van der Waals surface area contributed by atoms with Gasteiger partial charge in [-0.1, -0.05) is 0 Å². The molecule has 6 heteroatoms. The molecule has 0 aliphatic heterocycles. The maximum atomic E-state index is 8.76. The van der Waals surface area contributed by atoms with E-state index >= 15 is 0 Å². The molecule has 0 saturated carbocycles. The molecule has 5 nitrogen and oxygen atoms in total. The van der Waals surface area contributed by atoms with Crippen molar-refractivity contribution in [2.24, 2.45) is 0 Å². The van der Waals surface area contributed by atoms with Gasteiger partial charge in [0.15, 0.2) is 0 Å². The van der Waals surface area contributed by atoms with E-state index in [0.29, 0.717) is 21.6 Å². The zero-order valence-electron chi connectivity index (χ0n) is 6.90. The van der Waals surface area contributed by atoms with Gasteiger partial charge in [-0.2, -0.15) is 10.4 Å². The number of H-pyrrole nitrogens is 1. The predicted octanol–water partition coefficient (Wildman–Crippen LogP) is 1.50. The number of aromatic amines is 1. The van der Waals surface area contributed by atoms with Crippen LogP contribution in [0.5, 0.6) is 0 Å². The van der Waals surface area contributed by atoms with Gasteiger partial charge in [-0.15, -0.1) is 10.2 Å². The Bertz CT molecular complexity index is 481. The minimum absolute atomic E-state index is 0.460. The second-order valence-electron chi connectivity index (χ2n) is 2.50. The molecule has 0 aromatic carbocycles. The third kappa shape index (κ3) is 1.49. The highest BCUT2D eigenvalue weighted by Crippen LogP contribution is 2.17. The summed E-state index contributed by atoms with van der Waals surface area (Å²) in [7, 11) is 0. The third-order valence-electron chi connectivity index (χ3n) is 1.64. The predicted molar refractivity (Wildman–Crippen MR) is 52.0 cm³/mol. The first-order chi connectivity index (χ1) is 6.81. The van der Waals surface area contributed by atoms with E-state index in [1.807, 2.05) is 6.07 Å². The average molecular weight is 250 g/mol. The van der Waals surface area contributed by atoms with Crippen molar-refractivity contribution in [1.29, 1.82) is 5.26 Å². The average Bonchev–Trinajstić information content (AvgIpc) is 2.67. The van der Waals surface area contributed by atoms with Crippen molar-refractivity contribution < 1.29 is 0 Å². The summed E-state index contributed by atoms with van der Waals surface area (Å²) in [6, 6.07) is 5.51. The Kier molecular flexibility index (Phi) is 2.24. The van der Waals surface area contributed by atoms with Crippen LogP contribution < -0.4 is 0 Å². The van der Waals surface area contributed by atoms with Gasteiger partial charge in [-0.25, -0.2) is 0 Å². The van der Waals surface area contributed by atoms with E-state index in [1.54, 1.807) is 12.1 Å². The van der Waals surface area contributed by atoms with Crippen molar-refractivity contribution in [2.45, 2.75) is 0 Å². The lowest BCUT2D eigenvalue weighted by atomic mass is 10.2. The number of nitrogens with zero attached hydrogens (tertiary/aromatic N) is 4. The lowest BCUT2D eigenvalue weighted by molar-refractivity contribution is 0.995. The Balaban J connectivity index is 2.50. The Morgan fingerprint density at radius 3 is 2.86 bits per heavy atom. The van der Waals surface area contributed by atoms with Crippen LogP contribution in [0.2, 0.25) is 0 Å². The van der Waals surface area contributed by atoms with Gasteiger partial charge < -0.3 is 0 Å². The van der Waals surface area contributed by atoms with Gasteiger partial charge in [0.25, 0.3) is 0 Å². The zero-order chi connectivity index (χ0) is 9.97. The second-order valence-corrected chi connectivity index (χ2v) is 3.31. The summed E-state index contributed by atoms with van der Waals surface area (Å²) in [6.45, 7) is 0. The summed E-state index contributed by atoms with van der Waals surface area (Å²) in [5, 5.41) is 23.0. The Morgan fingerprint density at radius 1 is 1.36 bits per heavy atom. The van der Waals surface area contributed by atoms with Crippen LogP contribution in [0.3, 0.4) is 0 Å². The van der Waals surface area contributed by atoms with Crippen LogP contribution in [0.4, 0.5) is 0 Å². The lowest BCUT2D eigenvalue weighted by Gasteiger charge is -1.94. The molecule has 2 rings (SSSR count). The summed E-state index contributed by atoms with van der Waals surface area (Å²) < 4.78 is 0.648. The molecule has 0 spiro atoms. The highest BCUT2D eigenvalue weighted by molar-refractivity contribution is 9.10. The first-order valence-electron chi connectivity index (χ1n) is 3.75. The molecular weight excluding hydrogens is 246 g/mol. The van der Waals surface area contributed by atoms with Crippen LogP contribution in [0.15, 0.2) is 22.9 Å². The fourth-order valence-corrected chi connectivity index (χ4v) is 1.22. The molecule has 0 saturated heterocycles. The highest BCUT2D eigenvalue weighted by Gasteiger charge is 2.09. The van der Waals surface area contributed by atoms with E-state index in [2.05, 4.69) is 36.3 Å². The van der Waals surface area contributed by atoms with Gasteiger partial charge in [-0.3, -0.25) is 5.10 Å². The molecule has 2 heterocycles. The number of nitrogens with one attached hydrogen (secondary N) is 1. The minimum atomic E-state index is 0.460. The molecule has 0 atom stereocenters. The summed E-state index contributed by atoms with van der Waals surface area (Å²) >= 11 is 3.18. The fourth-order valence-electron chi connectivity index (χ4n) is 1.01. The maximum Gasteiger partial charge on any atom is 0.130 e. The van der Waals surface area contributed by atoms with Gasteiger partial charge in [0.1, 0.15) is 22.1 Å². The normalized spacial score (nSPS) is 9.71. The summed E-state index contributed by atoms with van der Waals surface area (Å²) in [6.07, 6.45) is 1.53. The van der Waals surface area contributed by atoms with Crippen molar-refractivity contribution in [2.75, 3.05) is 0 Å². The van der Waals surface area contributed by atoms with Crippen LogP contribution in [-0.2, 0) is 0 Å². The van der Waals surface area contributed by atoms with Crippen molar-refractivity contribution in [3.8, 4) is 17.5 Å². The van der Waals surface area contributed by atoms with Crippen molar-refractivity contribution in [3.63, 3.8) is 0 Å². The number of rotatable bonds is 1. The number of aromatic nitrogens is 4. The summed E-state index contributed by atoms with van der Waals surface area (Å²) in [5.41, 5.74) is 1.56. The molecule has 0 radical (unpaired) electrons. The molecule has 0 aliphatic carbocycles. The monoisotopic (exact) mass is 249 g/mol. The number of hydrogen-bond donors (Lipinski definition) is 1. The first kappa shape index (κ1) is 8.84. The molecule has 2 aromatic rings. The van der Waals surface area contributed by atoms with Crippen molar-refractivity contribution >= 4 is 15.9 Å². The largest absolute Gasteiger partial charge is 0.284 e. The quantitative estimate of drug-likeness (QED) is 0.831. The van der Waals surface area contributed by atoms with Gasteiger partial charge in [0, 0.05) is 6.20 Å². The molecule has 68 valence electrons. The van der Waals surface area contributed by atoms with Crippen molar-refractivity contribution in [1.82, 2.24) is 20.4 Å². The molecule has 0 aliphatic rings. The molecular formula is C8H4BrN5. The topological polar surface area (TPSA) is 78.2 Å². The van der Waals surface area contributed by atoms with Crippen LogP contribution >= 0.6 is 15.9 Å². The smallest absolute Gasteiger partial charge is 0.130 e. The number of nitriles is 1. The van der Waals surface area contributed by atoms with E-state index in [9.17, 15) is 0 Å². The molecule has 14 heavy (non-hydrogen) atoms. The Morgan fingerprint density at radius 2 is 2.21 bits per heavy atom. The molecule has 2 aromatic heterocycles. The van der Waals surface area contributed by atoms with E-state index in [-0.39, 0.29) is 0 Å². The number of halogens is 1. The Labute approximate surface area is 87.9 Å². The Hall–Kier alpha value is -1.74. The van der Waals surface area contributed by atoms with Gasteiger partial charge in [-0.05, 0) is 28.1 Å². The minimum Gasteiger partial charge on any atom is -0.284 e. The molecule has 0 fully saturated rings. The number of hydrogen-bond acceptors (Lipinski definition) is 4. The van der Waals surface area contributed by atoms with E-state index < -0.39 is 0 Å². The molecule has 0 unspecified atom stereocenters. The zero-order valence-corrected chi connectivity index (χ0v) is 8.48. The summed E-state index contributed by atoms with van der Waals surface area (Å²) in [5.74, 6) is 0. The third-order valence-corrected chi connectivity index (χ3v) is 2.06. The SMILES string of the molecule is N#Cc1c[nH]nc1-c1ccc(Br)nn1. The van der Waals surface area contributed by atoms with Gasteiger partial charge in [0.05, 0.1) is 5.56 Å². The van der Waals surface area contributed by atoms with E-state index in [0.717, 1.165) is 0 Å². The van der Waals surface area contributed by atoms with Crippen LogP contribution in [-0.4, -0.2) is 20.4 Å². The highest BCUT2D eigenvalue weighted by atomic mass is 79.9.